The van der Waals surface area contributed by atoms with Gasteiger partial charge in [0.15, 0.2) is 34.5 Å². The van der Waals surface area contributed by atoms with Gasteiger partial charge in [-0.25, -0.2) is 23.9 Å². The summed E-state index contributed by atoms with van der Waals surface area (Å²) in [6.45, 7) is -1.90. The van der Waals surface area contributed by atoms with E-state index in [0.717, 1.165) is 17.2 Å². The number of anilines is 2. The van der Waals surface area contributed by atoms with Crippen LogP contribution < -0.4 is 22.7 Å². The fourth-order valence-corrected chi connectivity index (χ4v) is 4.40. The first-order chi connectivity index (χ1) is 18.9. The van der Waals surface area contributed by atoms with E-state index in [0.29, 0.717) is 4.57 Å². The molecule has 0 spiro atoms. The molecule has 40 heavy (non-hydrogen) atoms. The third-order valence-electron chi connectivity index (χ3n) is 5.37. The lowest BCUT2D eigenvalue weighted by Gasteiger charge is -2.19. The number of nitrogen functional groups attached to an aromatic ring is 2. The summed E-state index contributed by atoms with van der Waals surface area (Å²) in [5, 5.41) is 40.7. The van der Waals surface area contributed by atoms with Gasteiger partial charge in [-0.3, -0.25) is 23.8 Å². The summed E-state index contributed by atoms with van der Waals surface area (Å²) in [4.78, 5) is 51.2. The second-order valence-corrected chi connectivity index (χ2v) is 9.28. The number of aromatic nitrogens is 7. The van der Waals surface area contributed by atoms with Gasteiger partial charge < -0.3 is 45.6 Å². The van der Waals surface area contributed by atoms with Crippen molar-refractivity contribution >= 4 is 30.9 Å². The highest BCUT2D eigenvalue weighted by Gasteiger charge is 2.43. The van der Waals surface area contributed by atoms with E-state index in [9.17, 15) is 39.5 Å². The van der Waals surface area contributed by atoms with Crippen LogP contribution in [0.5, 0.6) is 11.5 Å². The predicted octanol–water partition coefficient (Wildman–Crippen LogP) is -2.34. The number of H-pyrrole nitrogens is 1. The number of phosphoric ester groups is 1. The number of imidazole rings is 1. The van der Waals surface area contributed by atoms with Crippen molar-refractivity contribution in [3.63, 3.8) is 0 Å². The Balaban J connectivity index is 1.35. The molecule has 5 rings (SSSR count). The lowest BCUT2D eigenvalue weighted by atomic mass is 10.2. The highest BCUT2D eigenvalue weighted by atomic mass is 31.2. The van der Waals surface area contributed by atoms with Crippen LogP contribution in [0.2, 0.25) is 0 Å². The van der Waals surface area contributed by atoms with E-state index in [2.05, 4.69) is 24.9 Å². The second kappa shape index (κ2) is 9.66. The number of furan rings is 1. The number of ether oxygens (including phenoxy) is 1. The van der Waals surface area contributed by atoms with E-state index in [1.54, 1.807) is 0 Å². The average molecular weight is 583 g/mol. The molecular weight excluding hydrogens is 565 g/mol. The second-order valence-electron chi connectivity index (χ2n) is 7.90. The van der Waals surface area contributed by atoms with Gasteiger partial charge in [-0.15, -0.1) is 0 Å². The van der Waals surface area contributed by atoms with Crippen LogP contribution in [0.3, 0.4) is 0 Å². The maximum Gasteiger partial charge on any atom is 0.527 e. The molecule has 0 fully saturated rings. The number of hydrogen-bond acceptors (Lipinski definition) is 17. The standard InChI is InChI=1S/C18H18N9O12P/c19-16-22-4-27(18(33)25-16)14-9(30)8(29)6(38-14)2-36-40(34,35)39-11-5(1-28)37-15(10(11)31)26-3-21-7-12(26)23-17(20)24-13(7)32/h3-4,10,15,28-31H,1-2H2,(H,34,35)(H2,19,25,33)(H3,20,23,24,32)/t10?,15-/m1/s1. The Morgan fingerprint density at radius 1 is 1.15 bits per heavy atom. The normalized spacial score (nSPS) is 18.7. The number of fused-ring (bicyclic) bond motifs is 1. The number of nitrogens with two attached hydrogens (primary N) is 2. The number of nitrogens with one attached hydrogen (secondary N) is 1. The molecule has 22 heteroatoms. The molecule has 21 nitrogen and oxygen atoms in total. The molecule has 2 unspecified atom stereocenters. The first-order valence-corrected chi connectivity index (χ1v) is 12.2. The number of aromatic hydroxyl groups is 2. The molecule has 0 aromatic carbocycles. The van der Waals surface area contributed by atoms with Crippen LogP contribution in [0.15, 0.2) is 38.2 Å². The molecule has 5 heterocycles. The van der Waals surface area contributed by atoms with Crippen molar-refractivity contribution in [3.8, 4) is 17.4 Å². The molecule has 212 valence electrons. The van der Waals surface area contributed by atoms with Crippen molar-refractivity contribution in [1.29, 1.82) is 0 Å². The van der Waals surface area contributed by atoms with E-state index >= 15 is 0 Å². The van der Waals surface area contributed by atoms with Crippen LogP contribution in [0.4, 0.5) is 11.9 Å². The zero-order chi connectivity index (χ0) is 28.9. The first kappa shape index (κ1) is 26.6. The third-order valence-corrected chi connectivity index (χ3v) is 6.25. The van der Waals surface area contributed by atoms with E-state index in [1.807, 2.05) is 0 Å². The smallest absolute Gasteiger partial charge is 0.502 e. The van der Waals surface area contributed by atoms with Crippen LogP contribution in [0, 0.1) is 0 Å². The highest BCUT2D eigenvalue weighted by molar-refractivity contribution is 7.47. The van der Waals surface area contributed by atoms with Crippen molar-refractivity contribution in [2.24, 2.45) is 0 Å². The lowest BCUT2D eigenvalue weighted by molar-refractivity contribution is -0.0124. The molecule has 0 radical (unpaired) electrons. The van der Waals surface area contributed by atoms with Crippen molar-refractivity contribution in [1.82, 2.24) is 34.1 Å². The van der Waals surface area contributed by atoms with Crippen LogP contribution in [-0.2, 0) is 25.0 Å². The van der Waals surface area contributed by atoms with Crippen molar-refractivity contribution in [2.75, 3.05) is 18.1 Å². The number of aliphatic hydroxyl groups is 2. The van der Waals surface area contributed by atoms with Gasteiger partial charge in [0.25, 0.3) is 11.4 Å². The quantitative estimate of drug-likeness (QED) is 0.101. The van der Waals surface area contributed by atoms with E-state index in [1.165, 1.54) is 0 Å². The minimum absolute atomic E-state index is 0.109. The Labute approximate surface area is 218 Å². The van der Waals surface area contributed by atoms with E-state index in [4.69, 9.17) is 29.7 Å². The fraction of sp³-hybridized carbons (Fsp3) is 0.222. The van der Waals surface area contributed by atoms with Crippen LogP contribution in [0.25, 0.3) is 17.0 Å². The Morgan fingerprint density at radius 2 is 1.90 bits per heavy atom. The maximum absolute atomic E-state index is 12.7. The molecule has 0 bridgehead atoms. The summed E-state index contributed by atoms with van der Waals surface area (Å²) < 4.78 is 34.6. The van der Waals surface area contributed by atoms with Gasteiger partial charge in [-0.05, 0) is 0 Å². The van der Waals surface area contributed by atoms with Crippen LogP contribution >= 0.6 is 7.82 Å². The number of hydrogen-bond donors (Lipinski definition) is 8. The van der Waals surface area contributed by atoms with Crippen molar-refractivity contribution < 1.29 is 48.1 Å². The van der Waals surface area contributed by atoms with Gasteiger partial charge in [0.1, 0.15) is 25.9 Å². The third kappa shape index (κ3) is 4.58. The van der Waals surface area contributed by atoms with Gasteiger partial charge in [0.2, 0.25) is 29.6 Å². The Hall–Kier alpha value is -4.95. The summed E-state index contributed by atoms with van der Waals surface area (Å²) in [6, 6.07) is 0. The summed E-state index contributed by atoms with van der Waals surface area (Å²) in [6.07, 6.45) is -1.40. The first-order valence-electron chi connectivity index (χ1n) is 10.7. The predicted molar refractivity (Wildman–Crippen MR) is 126 cm³/mol. The fourth-order valence-electron chi connectivity index (χ4n) is 3.61. The van der Waals surface area contributed by atoms with Crippen LogP contribution in [0.1, 0.15) is 12.0 Å². The molecule has 0 saturated carbocycles. The molecular formula is C18H18N9O12P. The minimum Gasteiger partial charge on any atom is -0.502 e. The zero-order valence-corrected chi connectivity index (χ0v) is 20.5. The summed E-state index contributed by atoms with van der Waals surface area (Å²) in [5.74, 6) is -4.99. The molecule has 4 aromatic rings. The number of phosphoric acid groups is 1. The summed E-state index contributed by atoms with van der Waals surface area (Å²) in [7, 11) is -5.16. The molecule has 0 aliphatic carbocycles. The Morgan fingerprint density at radius 3 is 2.60 bits per heavy atom. The topological polar surface area (TPSA) is 322 Å². The summed E-state index contributed by atoms with van der Waals surface area (Å²) in [5.41, 5.74) is 8.88. The van der Waals surface area contributed by atoms with Gasteiger partial charge in [-0.2, -0.15) is 9.97 Å². The van der Waals surface area contributed by atoms with Gasteiger partial charge in [0, 0.05) is 0 Å². The van der Waals surface area contributed by atoms with Crippen molar-refractivity contribution in [2.45, 2.75) is 18.9 Å². The minimum atomic E-state index is -5.16. The van der Waals surface area contributed by atoms with Crippen molar-refractivity contribution in [3.05, 3.63) is 50.8 Å². The number of aliphatic hydroxyl groups excluding tert-OH is 2. The molecule has 10 N–H and O–H groups in total. The molecule has 1 aliphatic rings. The Kier molecular flexibility index (Phi) is 6.44. The lowest BCUT2D eigenvalue weighted by Crippen LogP contribution is -2.23. The molecule has 4 aromatic heterocycles. The van der Waals surface area contributed by atoms with E-state index in [-0.39, 0.29) is 23.1 Å². The number of rotatable bonds is 8. The van der Waals surface area contributed by atoms with Gasteiger partial charge in [-0.1, -0.05) is 0 Å². The SMILES string of the molecule is Nc1ncn(-c2oc(COP(=O)(O)OC3=C(CO)O[C@@H](n4cnc5c(=O)[nH]c(N)nc54)C3O)c(O)c2O)c(=O)n1. The summed E-state index contributed by atoms with van der Waals surface area (Å²) >= 11 is 0. The molecule has 0 amide bonds. The Bertz CT molecular complexity index is 1820. The van der Waals surface area contributed by atoms with E-state index < -0.39 is 79.3 Å². The zero-order valence-electron chi connectivity index (χ0n) is 19.6. The molecule has 1 aliphatic heterocycles. The molecule has 0 saturated heterocycles. The van der Waals surface area contributed by atoms with Gasteiger partial charge in [0.05, 0.1) is 0 Å². The maximum atomic E-state index is 12.7. The number of aromatic amines is 1. The monoisotopic (exact) mass is 583 g/mol. The largest absolute Gasteiger partial charge is 0.527 e. The average Bonchev–Trinajstić information content (AvgIpc) is 3.53. The number of nitrogens with zero attached hydrogens (tertiary/aromatic N) is 6. The highest BCUT2D eigenvalue weighted by Crippen LogP contribution is 2.51. The van der Waals surface area contributed by atoms with Crippen LogP contribution in [-0.4, -0.2) is 72.1 Å². The molecule has 3 atom stereocenters. The van der Waals surface area contributed by atoms with Gasteiger partial charge >= 0.3 is 13.5 Å².